The van der Waals surface area contributed by atoms with Gasteiger partial charge in [0.15, 0.2) is 11.5 Å². The standard InChI is InChI=1S/C13H11N5O/c14-11-9-13(16-6-15-11)18-12(17-9)8-3-1-2-7-4-5-19-10(7)8/h1-3,6H,4-5H2,(H3,14,15,16,17,18). The van der Waals surface area contributed by atoms with Gasteiger partial charge in [-0.1, -0.05) is 12.1 Å². The Kier molecular flexibility index (Phi) is 2.00. The summed E-state index contributed by atoms with van der Waals surface area (Å²) < 4.78 is 5.68. The van der Waals surface area contributed by atoms with E-state index >= 15 is 0 Å². The minimum absolute atomic E-state index is 0.400. The van der Waals surface area contributed by atoms with Crippen LogP contribution >= 0.6 is 0 Å². The molecule has 0 saturated carbocycles. The molecule has 0 saturated heterocycles. The molecule has 1 aromatic carbocycles. The van der Waals surface area contributed by atoms with E-state index in [9.17, 15) is 0 Å². The molecule has 4 rings (SSSR count). The molecule has 0 atom stereocenters. The van der Waals surface area contributed by atoms with E-state index in [1.54, 1.807) is 0 Å². The van der Waals surface area contributed by atoms with Gasteiger partial charge in [-0.2, -0.15) is 0 Å². The van der Waals surface area contributed by atoms with E-state index in [0.717, 1.165) is 17.7 Å². The van der Waals surface area contributed by atoms with Gasteiger partial charge in [-0.05, 0) is 11.6 Å². The maximum atomic E-state index is 5.81. The van der Waals surface area contributed by atoms with Gasteiger partial charge in [0.25, 0.3) is 0 Å². The maximum Gasteiger partial charge on any atom is 0.183 e. The number of anilines is 1. The smallest absolute Gasteiger partial charge is 0.183 e. The molecule has 1 aliphatic heterocycles. The monoisotopic (exact) mass is 253 g/mol. The first-order valence-corrected chi connectivity index (χ1v) is 6.04. The minimum atomic E-state index is 0.400. The average molecular weight is 253 g/mol. The number of hydrogen-bond donors (Lipinski definition) is 2. The lowest BCUT2D eigenvalue weighted by molar-refractivity contribution is 0.358. The Labute approximate surface area is 108 Å². The second kappa shape index (κ2) is 3.68. The molecule has 3 aromatic rings. The summed E-state index contributed by atoms with van der Waals surface area (Å²) in [4.78, 5) is 15.7. The number of nitrogen functional groups attached to an aromatic ring is 1. The molecule has 6 heteroatoms. The molecule has 0 fully saturated rings. The van der Waals surface area contributed by atoms with Gasteiger partial charge in [0.1, 0.15) is 23.4 Å². The lowest BCUT2D eigenvalue weighted by atomic mass is 10.1. The van der Waals surface area contributed by atoms with Crippen LogP contribution in [0.25, 0.3) is 22.6 Å². The number of aromatic nitrogens is 4. The molecular formula is C13H11N5O. The third kappa shape index (κ3) is 1.46. The number of rotatable bonds is 1. The zero-order chi connectivity index (χ0) is 12.8. The summed E-state index contributed by atoms with van der Waals surface area (Å²) in [6.45, 7) is 0.717. The van der Waals surface area contributed by atoms with Crippen LogP contribution in [-0.4, -0.2) is 26.5 Å². The van der Waals surface area contributed by atoms with Crippen molar-refractivity contribution in [2.24, 2.45) is 0 Å². The molecule has 94 valence electrons. The number of H-pyrrole nitrogens is 1. The largest absolute Gasteiger partial charge is 0.492 e. The van der Waals surface area contributed by atoms with Crippen LogP contribution < -0.4 is 10.5 Å². The van der Waals surface area contributed by atoms with Gasteiger partial charge in [0.2, 0.25) is 0 Å². The molecule has 0 radical (unpaired) electrons. The van der Waals surface area contributed by atoms with E-state index in [2.05, 4.69) is 26.0 Å². The number of nitrogens with zero attached hydrogens (tertiary/aromatic N) is 3. The number of aromatic amines is 1. The fraction of sp³-hybridized carbons (Fsp3) is 0.154. The predicted octanol–water partition coefficient (Wildman–Crippen LogP) is 1.54. The summed E-state index contributed by atoms with van der Waals surface area (Å²) in [6, 6.07) is 6.05. The molecular weight excluding hydrogens is 242 g/mol. The Bertz CT molecular complexity index is 780. The molecule has 0 aliphatic carbocycles. The minimum Gasteiger partial charge on any atom is -0.492 e. The van der Waals surface area contributed by atoms with Crippen molar-refractivity contribution in [1.29, 1.82) is 0 Å². The Morgan fingerprint density at radius 3 is 3.11 bits per heavy atom. The third-order valence-electron chi connectivity index (χ3n) is 3.29. The van der Waals surface area contributed by atoms with Crippen molar-refractivity contribution >= 4 is 17.0 Å². The van der Waals surface area contributed by atoms with Crippen LogP contribution in [0.5, 0.6) is 5.75 Å². The van der Waals surface area contributed by atoms with Crippen molar-refractivity contribution in [1.82, 2.24) is 19.9 Å². The summed E-state index contributed by atoms with van der Waals surface area (Å²) in [7, 11) is 0. The Balaban J connectivity index is 1.96. The molecule has 0 bridgehead atoms. The highest BCUT2D eigenvalue weighted by Crippen LogP contribution is 2.36. The fourth-order valence-corrected chi connectivity index (χ4v) is 2.38. The predicted molar refractivity (Wildman–Crippen MR) is 70.7 cm³/mol. The van der Waals surface area contributed by atoms with Gasteiger partial charge in [0, 0.05) is 6.42 Å². The third-order valence-corrected chi connectivity index (χ3v) is 3.29. The molecule has 0 amide bonds. The molecule has 19 heavy (non-hydrogen) atoms. The van der Waals surface area contributed by atoms with Gasteiger partial charge in [0.05, 0.1) is 12.2 Å². The molecule has 3 heterocycles. The Morgan fingerprint density at radius 1 is 1.26 bits per heavy atom. The van der Waals surface area contributed by atoms with Crippen LogP contribution in [0.15, 0.2) is 24.5 Å². The van der Waals surface area contributed by atoms with Crippen molar-refractivity contribution in [2.45, 2.75) is 6.42 Å². The molecule has 2 aromatic heterocycles. The highest BCUT2D eigenvalue weighted by Gasteiger charge is 2.19. The second-order valence-corrected chi connectivity index (χ2v) is 4.44. The number of fused-ring (bicyclic) bond motifs is 2. The van der Waals surface area contributed by atoms with Gasteiger partial charge in [-0.25, -0.2) is 15.0 Å². The molecule has 1 aliphatic rings. The first kappa shape index (κ1) is 10.3. The normalized spacial score (nSPS) is 13.5. The lowest BCUT2D eigenvalue weighted by Crippen LogP contribution is -1.92. The van der Waals surface area contributed by atoms with E-state index in [-0.39, 0.29) is 0 Å². The number of nitrogens with one attached hydrogen (secondary N) is 1. The number of hydrogen-bond acceptors (Lipinski definition) is 5. The van der Waals surface area contributed by atoms with Crippen molar-refractivity contribution < 1.29 is 4.74 Å². The summed E-state index contributed by atoms with van der Waals surface area (Å²) in [5.74, 6) is 2.01. The molecule has 0 unspecified atom stereocenters. The van der Waals surface area contributed by atoms with Crippen molar-refractivity contribution in [3.8, 4) is 17.1 Å². The zero-order valence-corrected chi connectivity index (χ0v) is 10.1. The van der Waals surface area contributed by atoms with Gasteiger partial charge >= 0.3 is 0 Å². The van der Waals surface area contributed by atoms with E-state index in [1.165, 1.54) is 11.9 Å². The summed E-state index contributed by atoms with van der Waals surface area (Å²) >= 11 is 0. The first-order chi connectivity index (χ1) is 9.33. The summed E-state index contributed by atoms with van der Waals surface area (Å²) in [5.41, 5.74) is 9.18. The van der Waals surface area contributed by atoms with Gasteiger partial charge in [-0.15, -0.1) is 0 Å². The molecule has 0 spiro atoms. The summed E-state index contributed by atoms with van der Waals surface area (Å²) in [6.07, 6.45) is 2.35. The first-order valence-electron chi connectivity index (χ1n) is 6.04. The van der Waals surface area contributed by atoms with Crippen molar-refractivity contribution in [3.05, 3.63) is 30.1 Å². The molecule has 6 nitrogen and oxygen atoms in total. The van der Waals surface area contributed by atoms with Gasteiger partial charge in [-0.3, -0.25) is 0 Å². The van der Waals surface area contributed by atoms with E-state index in [4.69, 9.17) is 10.5 Å². The maximum absolute atomic E-state index is 5.81. The van der Waals surface area contributed by atoms with E-state index in [1.807, 2.05) is 12.1 Å². The lowest BCUT2D eigenvalue weighted by Gasteiger charge is -2.04. The van der Waals surface area contributed by atoms with E-state index in [0.29, 0.717) is 29.4 Å². The van der Waals surface area contributed by atoms with Crippen LogP contribution in [0.2, 0.25) is 0 Å². The number of para-hydroxylation sites is 1. The number of benzene rings is 1. The summed E-state index contributed by atoms with van der Waals surface area (Å²) in [5, 5.41) is 0. The van der Waals surface area contributed by atoms with Crippen LogP contribution in [0.1, 0.15) is 5.56 Å². The van der Waals surface area contributed by atoms with Crippen molar-refractivity contribution in [3.63, 3.8) is 0 Å². The number of ether oxygens (including phenoxy) is 1. The van der Waals surface area contributed by atoms with Crippen LogP contribution in [-0.2, 0) is 6.42 Å². The quantitative estimate of drug-likeness (QED) is 0.686. The Morgan fingerprint density at radius 2 is 2.21 bits per heavy atom. The zero-order valence-electron chi connectivity index (χ0n) is 10.1. The van der Waals surface area contributed by atoms with E-state index < -0.39 is 0 Å². The average Bonchev–Trinajstić information content (AvgIpc) is 3.05. The highest BCUT2D eigenvalue weighted by atomic mass is 16.5. The molecule has 3 N–H and O–H groups in total. The fourth-order valence-electron chi connectivity index (χ4n) is 2.38. The van der Waals surface area contributed by atoms with Crippen LogP contribution in [0.4, 0.5) is 5.82 Å². The second-order valence-electron chi connectivity index (χ2n) is 4.44. The SMILES string of the molecule is Nc1ncnc2nc(-c3cccc4c3OCC4)[nH]c12. The van der Waals surface area contributed by atoms with Gasteiger partial charge < -0.3 is 15.5 Å². The number of imidazole rings is 1. The van der Waals surface area contributed by atoms with Crippen LogP contribution in [0.3, 0.4) is 0 Å². The van der Waals surface area contributed by atoms with Crippen molar-refractivity contribution in [2.75, 3.05) is 12.3 Å². The van der Waals surface area contributed by atoms with Crippen LogP contribution in [0, 0.1) is 0 Å². The highest BCUT2D eigenvalue weighted by molar-refractivity contribution is 5.85. The Hall–Kier alpha value is -2.63. The number of nitrogens with two attached hydrogens (primary N) is 1. The topological polar surface area (TPSA) is 89.7 Å².